The molecule has 2 aromatic carbocycles. The summed E-state index contributed by atoms with van der Waals surface area (Å²) in [5.74, 6) is 1.44. The van der Waals surface area contributed by atoms with Crippen LogP contribution < -0.4 is 10.5 Å². The molecule has 1 atom stereocenters. The zero-order valence-corrected chi connectivity index (χ0v) is 11.7. The Morgan fingerprint density at radius 2 is 2.05 bits per heavy atom. The van der Waals surface area contributed by atoms with Gasteiger partial charge in [0.25, 0.3) is 0 Å². The molecule has 1 aromatic heterocycles. The van der Waals surface area contributed by atoms with Gasteiger partial charge in [0.15, 0.2) is 6.10 Å². The average molecular weight is 288 g/mol. The van der Waals surface area contributed by atoms with Gasteiger partial charge in [0.05, 0.1) is 11.2 Å². The number of rotatable bonds is 3. The minimum atomic E-state index is -0.222. The molecule has 0 amide bonds. The van der Waals surface area contributed by atoms with Gasteiger partial charge in [0.1, 0.15) is 17.1 Å². The van der Waals surface area contributed by atoms with Gasteiger partial charge in [-0.25, -0.2) is 4.98 Å². The van der Waals surface area contributed by atoms with E-state index in [0.29, 0.717) is 16.5 Å². The van der Waals surface area contributed by atoms with Crippen LogP contribution in [0.5, 0.6) is 5.75 Å². The maximum atomic E-state index is 5.94. The number of anilines is 1. The number of halogens is 1. The molecule has 0 radical (unpaired) electrons. The van der Waals surface area contributed by atoms with Crippen molar-refractivity contribution in [1.82, 2.24) is 9.97 Å². The molecular weight excluding hydrogens is 274 g/mol. The normalized spacial score (nSPS) is 12.5. The highest BCUT2D eigenvalue weighted by Gasteiger charge is 2.13. The molecule has 102 valence electrons. The minimum absolute atomic E-state index is 0.222. The third kappa shape index (κ3) is 2.42. The van der Waals surface area contributed by atoms with Crippen LogP contribution in [0.3, 0.4) is 0 Å². The van der Waals surface area contributed by atoms with Crippen LogP contribution in [-0.4, -0.2) is 9.97 Å². The standard InChI is InChI=1S/C15H14ClN3O/c1-9(20-11-5-2-4-10(16)8-11)15-18-13-7-3-6-12(17)14(13)19-15/h2-9H,17H2,1H3,(H,18,19). The summed E-state index contributed by atoms with van der Waals surface area (Å²) >= 11 is 5.94. The van der Waals surface area contributed by atoms with Crippen molar-refractivity contribution >= 4 is 28.3 Å². The van der Waals surface area contributed by atoms with Crippen molar-refractivity contribution in [3.63, 3.8) is 0 Å². The smallest absolute Gasteiger partial charge is 0.153 e. The summed E-state index contributed by atoms with van der Waals surface area (Å²) in [7, 11) is 0. The van der Waals surface area contributed by atoms with Gasteiger partial charge < -0.3 is 15.5 Å². The first-order valence-corrected chi connectivity index (χ1v) is 6.67. The number of nitrogens with two attached hydrogens (primary N) is 1. The molecule has 0 bridgehead atoms. The SMILES string of the molecule is CC(Oc1cccc(Cl)c1)c1nc2c(N)cccc2[nH]1. The van der Waals surface area contributed by atoms with Crippen molar-refractivity contribution in [2.45, 2.75) is 13.0 Å². The Balaban J connectivity index is 1.89. The van der Waals surface area contributed by atoms with Crippen LogP contribution in [0.2, 0.25) is 5.02 Å². The molecule has 0 spiro atoms. The van der Waals surface area contributed by atoms with Crippen LogP contribution in [0, 0.1) is 0 Å². The Labute approximate surface area is 121 Å². The number of nitrogens with zero attached hydrogens (tertiary/aromatic N) is 1. The van der Waals surface area contributed by atoms with E-state index in [9.17, 15) is 0 Å². The molecular formula is C15H14ClN3O. The molecule has 4 nitrogen and oxygen atoms in total. The molecule has 0 aliphatic carbocycles. The van der Waals surface area contributed by atoms with Crippen LogP contribution in [0.15, 0.2) is 42.5 Å². The Morgan fingerprint density at radius 3 is 2.80 bits per heavy atom. The number of imidazole rings is 1. The maximum Gasteiger partial charge on any atom is 0.153 e. The van der Waals surface area contributed by atoms with E-state index in [1.54, 1.807) is 12.1 Å². The van der Waals surface area contributed by atoms with Crippen molar-refractivity contribution in [1.29, 1.82) is 0 Å². The number of aromatic nitrogens is 2. The topological polar surface area (TPSA) is 63.9 Å². The van der Waals surface area contributed by atoms with E-state index in [-0.39, 0.29) is 6.10 Å². The monoisotopic (exact) mass is 287 g/mol. The van der Waals surface area contributed by atoms with E-state index in [1.165, 1.54) is 0 Å². The average Bonchev–Trinajstić information content (AvgIpc) is 2.84. The van der Waals surface area contributed by atoms with Crippen LogP contribution >= 0.6 is 11.6 Å². The van der Waals surface area contributed by atoms with Crippen LogP contribution in [-0.2, 0) is 0 Å². The van der Waals surface area contributed by atoms with Gasteiger partial charge in [-0.3, -0.25) is 0 Å². The molecule has 0 saturated heterocycles. The molecule has 5 heteroatoms. The molecule has 1 heterocycles. The second kappa shape index (κ2) is 5.06. The first-order valence-electron chi connectivity index (χ1n) is 6.30. The minimum Gasteiger partial charge on any atom is -0.483 e. The number of nitrogens with one attached hydrogen (secondary N) is 1. The number of H-pyrrole nitrogens is 1. The Morgan fingerprint density at radius 1 is 1.25 bits per heavy atom. The van der Waals surface area contributed by atoms with E-state index in [4.69, 9.17) is 22.1 Å². The first kappa shape index (κ1) is 12.8. The number of benzene rings is 2. The van der Waals surface area contributed by atoms with Gasteiger partial charge in [-0.1, -0.05) is 23.7 Å². The fourth-order valence-corrected chi connectivity index (χ4v) is 2.25. The summed E-state index contributed by atoms with van der Waals surface area (Å²) in [4.78, 5) is 7.71. The van der Waals surface area contributed by atoms with Gasteiger partial charge in [-0.15, -0.1) is 0 Å². The molecule has 3 N–H and O–H groups in total. The highest BCUT2D eigenvalue weighted by atomic mass is 35.5. The van der Waals surface area contributed by atoms with Crippen molar-refractivity contribution in [2.75, 3.05) is 5.73 Å². The van der Waals surface area contributed by atoms with Crippen LogP contribution in [0.4, 0.5) is 5.69 Å². The maximum absolute atomic E-state index is 5.94. The number of nitrogen functional groups attached to an aromatic ring is 1. The second-order valence-electron chi connectivity index (χ2n) is 4.58. The van der Waals surface area contributed by atoms with Crippen LogP contribution in [0.1, 0.15) is 18.9 Å². The third-order valence-corrected chi connectivity index (χ3v) is 3.29. The molecule has 0 aliphatic heterocycles. The molecule has 0 aliphatic rings. The fourth-order valence-electron chi connectivity index (χ4n) is 2.07. The van der Waals surface area contributed by atoms with Gasteiger partial charge in [0, 0.05) is 5.02 Å². The molecule has 1 unspecified atom stereocenters. The van der Waals surface area contributed by atoms with E-state index in [0.717, 1.165) is 16.9 Å². The summed E-state index contributed by atoms with van der Waals surface area (Å²) in [5.41, 5.74) is 8.23. The van der Waals surface area contributed by atoms with Gasteiger partial charge in [0.2, 0.25) is 0 Å². The van der Waals surface area contributed by atoms with E-state index < -0.39 is 0 Å². The number of para-hydroxylation sites is 1. The van der Waals surface area contributed by atoms with E-state index in [1.807, 2.05) is 37.3 Å². The fraction of sp³-hybridized carbons (Fsp3) is 0.133. The summed E-state index contributed by atoms with van der Waals surface area (Å²) in [6.45, 7) is 1.93. The first-order chi connectivity index (χ1) is 9.63. The lowest BCUT2D eigenvalue weighted by atomic mass is 10.3. The van der Waals surface area contributed by atoms with Gasteiger partial charge >= 0.3 is 0 Å². The van der Waals surface area contributed by atoms with Crippen molar-refractivity contribution < 1.29 is 4.74 Å². The lowest BCUT2D eigenvalue weighted by molar-refractivity contribution is 0.218. The lowest BCUT2D eigenvalue weighted by Gasteiger charge is -2.12. The largest absolute Gasteiger partial charge is 0.483 e. The predicted molar refractivity (Wildman–Crippen MR) is 81.0 cm³/mol. The van der Waals surface area contributed by atoms with Crippen molar-refractivity contribution in [3.8, 4) is 5.75 Å². The summed E-state index contributed by atoms with van der Waals surface area (Å²) in [6, 6.07) is 12.9. The Hall–Kier alpha value is -2.20. The summed E-state index contributed by atoms with van der Waals surface area (Å²) in [6.07, 6.45) is -0.222. The highest BCUT2D eigenvalue weighted by molar-refractivity contribution is 6.30. The quantitative estimate of drug-likeness (QED) is 0.717. The van der Waals surface area contributed by atoms with Crippen molar-refractivity contribution in [3.05, 3.63) is 53.3 Å². The molecule has 20 heavy (non-hydrogen) atoms. The predicted octanol–water partition coefficient (Wildman–Crippen LogP) is 3.94. The summed E-state index contributed by atoms with van der Waals surface area (Å²) < 4.78 is 5.83. The molecule has 3 aromatic rings. The Bertz CT molecular complexity index is 754. The second-order valence-corrected chi connectivity index (χ2v) is 5.02. The number of hydrogen-bond donors (Lipinski definition) is 2. The zero-order valence-electron chi connectivity index (χ0n) is 10.9. The molecule has 0 fully saturated rings. The highest BCUT2D eigenvalue weighted by Crippen LogP contribution is 2.25. The number of fused-ring (bicyclic) bond motifs is 1. The number of hydrogen-bond acceptors (Lipinski definition) is 3. The molecule has 3 rings (SSSR count). The molecule has 0 saturated carbocycles. The van der Waals surface area contributed by atoms with E-state index in [2.05, 4.69) is 9.97 Å². The number of aromatic amines is 1. The van der Waals surface area contributed by atoms with Gasteiger partial charge in [-0.2, -0.15) is 0 Å². The van der Waals surface area contributed by atoms with Gasteiger partial charge in [-0.05, 0) is 37.3 Å². The Kier molecular flexibility index (Phi) is 3.24. The van der Waals surface area contributed by atoms with E-state index >= 15 is 0 Å². The van der Waals surface area contributed by atoms with Crippen LogP contribution in [0.25, 0.3) is 11.0 Å². The zero-order chi connectivity index (χ0) is 14.1. The number of ether oxygens (including phenoxy) is 1. The lowest BCUT2D eigenvalue weighted by Crippen LogP contribution is -2.04. The third-order valence-electron chi connectivity index (χ3n) is 3.06. The van der Waals surface area contributed by atoms with Crippen molar-refractivity contribution in [2.24, 2.45) is 0 Å². The summed E-state index contributed by atoms with van der Waals surface area (Å²) in [5, 5.41) is 0.642.